The van der Waals surface area contributed by atoms with Gasteiger partial charge in [0.15, 0.2) is 5.82 Å². The third-order valence-corrected chi connectivity index (χ3v) is 2.96. The SMILES string of the molecule is Cn1cc(I)c2c(Cl)ncc(F)c21. The van der Waals surface area contributed by atoms with Crippen LogP contribution >= 0.6 is 34.2 Å². The maximum atomic E-state index is 13.3. The first-order chi connectivity index (χ1) is 6.11. The molecule has 2 rings (SSSR count). The molecule has 0 amide bonds. The van der Waals surface area contributed by atoms with Crippen molar-refractivity contribution in [1.82, 2.24) is 9.55 Å². The molecule has 0 N–H and O–H groups in total. The Kier molecular flexibility index (Phi) is 2.19. The van der Waals surface area contributed by atoms with Crippen LogP contribution in [0.1, 0.15) is 0 Å². The van der Waals surface area contributed by atoms with Crippen molar-refractivity contribution in [3.05, 3.63) is 26.9 Å². The third-order valence-electron chi connectivity index (χ3n) is 1.86. The molecule has 0 radical (unpaired) electrons. The van der Waals surface area contributed by atoms with Gasteiger partial charge in [-0.25, -0.2) is 9.37 Å². The lowest BCUT2D eigenvalue weighted by Gasteiger charge is -1.98. The van der Waals surface area contributed by atoms with E-state index < -0.39 is 0 Å². The lowest BCUT2D eigenvalue weighted by molar-refractivity contribution is 0.626. The average molecular weight is 310 g/mol. The molecule has 13 heavy (non-hydrogen) atoms. The Hall–Kier alpha value is -0.360. The van der Waals surface area contributed by atoms with E-state index in [0.29, 0.717) is 16.1 Å². The summed E-state index contributed by atoms with van der Waals surface area (Å²) in [6.07, 6.45) is 2.96. The van der Waals surface area contributed by atoms with E-state index in [-0.39, 0.29) is 5.82 Å². The molecule has 2 aromatic heterocycles. The molecule has 2 nitrogen and oxygen atoms in total. The standard InChI is InChI=1S/C8H5ClFIN2/c1-13-3-5(11)6-7(13)4(10)2-12-8(6)9/h2-3H,1H3. The van der Waals surface area contributed by atoms with E-state index in [2.05, 4.69) is 27.6 Å². The van der Waals surface area contributed by atoms with Crippen molar-refractivity contribution in [3.63, 3.8) is 0 Å². The van der Waals surface area contributed by atoms with E-state index in [1.165, 1.54) is 0 Å². The highest BCUT2D eigenvalue weighted by molar-refractivity contribution is 14.1. The molecular weight excluding hydrogens is 305 g/mol. The van der Waals surface area contributed by atoms with Gasteiger partial charge in [-0.3, -0.25) is 0 Å². The van der Waals surface area contributed by atoms with E-state index in [0.717, 1.165) is 9.77 Å². The summed E-state index contributed by atoms with van der Waals surface area (Å²) in [5, 5.41) is 1.03. The highest BCUT2D eigenvalue weighted by Gasteiger charge is 2.12. The fourth-order valence-electron chi connectivity index (χ4n) is 1.31. The van der Waals surface area contributed by atoms with Crippen molar-refractivity contribution in [2.45, 2.75) is 0 Å². The lowest BCUT2D eigenvalue weighted by Crippen LogP contribution is -1.89. The number of fused-ring (bicyclic) bond motifs is 1. The first-order valence-electron chi connectivity index (χ1n) is 3.56. The molecule has 0 atom stereocenters. The number of aryl methyl sites for hydroxylation is 1. The molecule has 0 aliphatic carbocycles. The van der Waals surface area contributed by atoms with Crippen LogP contribution in [0.2, 0.25) is 5.15 Å². The molecule has 0 spiro atoms. The number of pyridine rings is 1. The van der Waals surface area contributed by atoms with Gasteiger partial charge < -0.3 is 4.57 Å². The first-order valence-corrected chi connectivity index (χ1v) is 5.01. The average Bonchev–Trinajstić information content (AvgIpc) is 2.36. The summed E-state index contributed by atoms with van der Waals surface area (Å²) in [5.74, 6) is -0.343. The summed E-state index contributed by atoms with van der Waals surface area (Å²) in [6.45, 7) is 0. The Morgan fingerprint density at radius 3 is 2.92 bits per heavy atom. The summed E-state index contributed by atoms with van der Waals surface area (Å²) in [5.41, 5.74) is 0.504. The van der Waals surface area contributed by atoms with Crippen molar-refractivity contribution in [1.29, 1.82) is 0 Å². The van der Waals surface area contributed by atoms with Crippen molar-refractivity contribution in [2.75, 3.05) is 0 Å². The summed E-state index contributed by atoms with van der Waals surface area (Å²) >= 11 is 7.96. The minimum absolute atomic E-state index is 0.343. The second-order valence-electron chi connectivity index (χ2n) is 2.71. The van der Waals surface area contributed by atoms with Crippen LogP contribution in [0.5, 0.6) is 0 Å². The Morgan fingerprint density at radius 2 is 2.31 bits per heavy atom. The second-order valence-corrected chi connectivity index (χ2v) is 4.23. The molecule has 2 heterocycles. The summed E-state index contributed by atoms with van der Waals surface area (Å²) in [4.78, 5) is 3.75. The van der Waals surface area contributed by atoms with Crippen molar-refractivity contribution in [3.8, 4) is 0 Å². The maximum absolute atomic E-state index is 13.3. The number of aromatic nitrogens is 2. The fourth-order valence-corrected chi connectivity index (χ4v) is 2.64. The molecule has 2 aromatic rings. The molecule has 0 saturated heterocycles. The zero-order valence-corrected chi connectivity index (χ0v) is 9.60. The van der Waals surface area contributed by atoms with Gasteiger partial charge in [0.2, 0.25) is 0 Å². The highest BCUT2D eigenvalue weighted by Crippen LogP contribution is 2.29. The van der Waals surface area contributed by atoms with Gasteiger partial charge in [0.05, 0.1) is 17.1 Å². The van der Waals surface area contributed by atoms with Gasteiger partial charge >= 0.3 is 0 Å². The van der Waals surface area contributed by atoms with Crippen LogP contribution in [0.25, 0.3) is 10.9 Å². The monoisotopic (exact) mass is 310 g/mol. The lowest BCUT2D eigenvalue weighted by atomic mass is 10.3. The van der Waals surface area contributed by atoms with Crippen LogP contribution in [0.15, 0.2) is 12.4 Å². The van der Waals surface area contributed by atoms with Crippen molar-refractivity contribution < 1.29 is 4.39 Å². The Bertz CT molecular complexity index is 438. The normalized spacial score (nSPS) is 11.1. The Balaban J connectivity index is 3.03. The molecule has 5 heteroatoms. The Morgan fingerprint density at radius 1 is 1.62 bits per heavy atom. The molecule has 0 aliphatic rings. The van der Waals surface area contributed by atoms with E-state index in [9.17, 15) is 4.39 Å². The molecule has 0 aromatic carbocycles. The number of hydrogen-bond donors (Lipinski definition) is 0. The Labute approximate surface area is 92.8 Å². The molecule has 0 unspecified atom stereocenters. The summed E-state index contributed by atoms with van der Waals surface area (Å²) < 4.78 is 15.9. The first kappa shape index (κ1) is 9.21. The molecular formula is C8H5ClFIN2. The third kappa shape index (κ3) is 1.32. The van der Waals surface area contributed by atoms with Gasteiger partial charge in [0, 0.05) is 16.8 Å². The predicted molar refractivity (Wildman–Crippen MR) is 58.4 cm³/mol. The number of hydrogen-bond acceptors (Lipinski definition) is 1. The minimum Gasteiger partial charge on any atom is -0.347 e. The zero-order valence-electron chi connectivity index (χ0n) is 6.68. The van der Waals surface area contributed by atoms with E-state index in [4.69, 9.17) is 11.6 Å². The highest BCUT2D eigenvalue weighted by atomic mass is 127. The molecule has 0 fully saturated rings. The molecule has 0 saturated carbocycles. The van der Waals surface area contributed by atoms with E-state index in [1.807, 2.05) is 6.20 Å². The van der Waals surface area contributed by atoms with Crippen LogP contribution in [0.3, 0.4) is 0 Å². The van der Waals surface area contributed by atoms with Crippen LogP contribution in [0.4, 0.5) is 4.39 Å². The van der Waals surface area contributed by atoms with E-state index >= 15 is 0 Å². The van der Waals surface area contributed by atoms with Crippen molar-refractivity contribution >= 4 is 45.1 Å². The van der Waals surface area contributed by atoms with Gasteiger partial charge in [-0.15, -0.1) is 0 Å². The van der Waals surface area contributed by atoms with E-state index in [1.54, 1.807) is 11.6 Å². The molecule has 68 valence electrons. The van der Waals surface area contributed by atoms with Crippen LogP contribution in [-0.4, -0.2) is 9.55 Å². The van der Waals surface area contributed by atoms with Crippen LogP contribution in [0, 0.1) is 9.39 Å². The molecule has 0 bridgehead atoms. The topological polar surface area (TPSA) is 17.8 Å². The van der Waals surface area contributed by atoms with Gasteiger partial charge in [-0.1, -0.05) is 11.6 Å². The van der Waals surface area contributed by atoms with Gasteiger partial charge in [0.1, 0.15) is 5.15 Å². The summed E-state index contributed by atoms with van der Waals surface area (Å²) in [6, 6.07) is 0. The predicted octanol–water partition coefficient (Wildman–Crippen LogP) is 2.97. The number of halogens is 3. The summed E-state index contributed by atoms with van der Waals surface area (Å²) in [7, 11) is 1.78. The van der Waals surface area contributed by atoms with Crippen molar-refractivity contribution in [2.24, 2.45) is 7.05 Å². The number of rotatable bonds is 0. The van der Waals surface area contributed by atoms with Gasteiger partial charge in [0.25, 0.3) is 0 Å². The van der Waals surface area contributed by atoms with Crippen LogP contribution < -0.4 is 0 Å². The largest absolute Gasteiger partial charge is 0.347 e. The molecule has 0 aliphatic heterocycles. The minimum atomic E-state index is -0.343. The number of nitrogens with zero attached hydrogens (tertiary/aromatic N) is 2. The van der Waals surface area contributed by atoms with Crippen LogP contribution in [-0.2, 0) is 7.05 Å². The van der Waals surface area contributed by atoms with Gasteiger partial charge in [-0.05, 0) is 22.6 Å². The quantitative estimate of drug-likeness (QED) is 0.540. The smallest absolute Gasteiger partial charge is 0.165 e. The van der Waals surface area contributed by atoms with Gasteiger partial charge in [-0.2, -0.15) is 0 Å². The zero-order chi connectivity index (χ0) is 9.59. The fraction of sp³-hybridized carbons (Fsp3) is 0.125. The second kappa shape index (κ2) is 3.09. The maximum Gasteiger partial charge on any atom is 0.165 e.